The minimum absolute atomic E-state index is 0.139. The summed E-state index contributed by atoms with van der Waals surface area (Å²) in [5, 5.41) is 12.5. The molecule has 5 heteroatoms. The van der Waals surface area contributed by atoms with E-state index in [1.54, 1.807) is 0 Å². The molecule has 1 heterocycles. The summed E-state index contributed by atoms with van der Waals surface area (Å²) in [5.41, 5.74) is 0. The zero-order chi connectivity index (χ0) is 13.4. The molecule has 5 nitrogen and oxygen atoms in total. The first-order chi connectivity index (χ1) is 8.69. The summed E-state index contributed by atoms with van der Waals surface area (Å²) in [7, 11) is 1.43. The first-order valence-corrected chi connectivity index (χ1v) is 6.83. The van der Waals surface area contributed by atoms with Gasteiger partial charge in [-0.3, -0.25) is 9.69 Å². The van der Waals surface area contributed by atoms with Gasteiger partial charge in [0.2, 0.25) is 0 Å². The second-order valence-electron chi connectivity index (χ2n) is 5.02. The highest BCUT2D eigenvalue weighted by Gasteiger charge is 2.28. The molecule has 1 fully saturated rings. The van der Waals surface area contributed by atoms with Crippen LogP contribution >= 0.6 is 0 Å². The number of hydrogen-bond donors (Lipinski definition) is 2. The number of piperidine rings is 1. The van der Waals surface area contributed by atoms with Gasteiger partial charge in [0.1, 0.15) is 0 Å². The Hall–Kier alpha value is -0.650. The van der Waals surface area contributed by atoms with Crippen molar-refractivity contribution in [3.05, 3.63) is 0 Å². The number of ether oxygens (including phenoxy) is 1. The lowest BCUT2D eigenvalue weighted by Crippen LogP contribution is -2.50. The summed E-state index contributed by atoms with van der Waals surface area (Å²) < 4.78 is 4.74. The molecule has 0 aromatic heterocycles. The fourth-order valence-corrected chi connectivity index (χ4v) is 2.59. The van der Waals surface area contributed by atoms with E-state index in [0.717, 1.165) is 32.5 Å². The highest BCUT2D eigenvalue weighted by Crippen LogP contribution is 2.20. The number of likely N-dealkylation sites (tertiary alicyclic amines) is 1. The van der Waals surface area contributed by atoms with Crippen LogP contribution in [0.15, 0.2) is 0 Å². The summed E-state index contributed by atoms with van der Waals surface area (Å²) in [4.78, 5) is 13.6. The van der Waals surface area contributed by atoms with Crippen molar-refractivity contribution in [1.29, 1.82) is 0 Å². The highest BCUT2D eigenvalue weighted by molar-refractivity contribution is 5.69. The molecule has 0 saturated carbocycles. The van der Waals surface area contributed by atoms with Crippen LogP contribution in [0, 0.1) is 5.92 Å². The molecule has 0 aromatic carbocycles. The third kappa shape index (κ3) is 5.33. The van der Waals surface area contributed by atoms with Gasteiger partial charge in [-0.1, -0.05) is 6.92 Å². The molecule has 2 atom stereocenters. The zero-order valence-corrected chi connectivity index (χ0v) is 11.5. The van der Waals surface area contributed by atoms with Crippen molar-refractivity contribution >= 4 is 5.97 Å². The highest BCUT2D eigenvalue weighted by atomic mass is 16.5. The average molecular weight is 258 g/mol. The quantitative estimate of drug-likeness (QED) is 0.640. The van der Waals surface area contributed by atoms with Gasteiger partial charge in [0, 0.05) is 32.1 Å². The van der Waals surface area contributed by atoms with Crippen molar-refractivity contribution in [2.24, 2.45) is 5.92 Å². The van der Waals surface area contributed by atoms with Gasteiger partial charge in [-0.15, -0.1) is 0 Å². The van der Waals surface area contributed by atoms with E-state index < -0.39 is 0 Å². The summed E-state index contributed by atoms with van der Waals surface area (Å²) in [6.45, 7) is 5.83. The second-order valence-corrected chi connectivity index (χ2v) is 5.02. The minimum atomic E-state index is -0.139. The summed E-state index contributed by atoms with van der Waals surface area (Å²) >= 11 is 0. The first kappa shape index (κ1) is 15.4. The van der Waals surface area contributed by atoms with E-state index in [1.807, 2.05) is 0 Å². The Morgan fingerprint density at radius 2 is 2.28 bits per heavy atom. The van der Waals surface area contributed by atoms with E-state index in [0.29, 0.717) is 24.9 Å². The van der Waals surface area contributed by atoms with E-state index in [4.69, 9.17) is 9.84 Å². The maximum Gasteiger partial charge on any atom is 0.305 e. The molecule has 1 aliphatic rings. The Morgan fingerprint density at radius 1 is 1.50 bits per heavy atom. The molecule has 0 aliphatic carbocycles. The smallest absolute Gasteiger partial charge is 0.305 e. The number of nitrogens with one attached hydrogen (secondary N) is 1. The maximum atomic E-state index is 11.4. The predicted molar refractivity (Wildman–Crippen MR) is 70.3 cm³/mol. The van der Waals surface area contributed by atoms with E-state index >= 15 is 0 Å². The van der Waals surface area contributed by atoms with Crippen LogP contribution in [0.1, 0.15) is 26.2 Å². The number of methoxy groups -OCH3 is 1. The van der Waals surface area contributed by atoms with Crippen LogP contribution in [-0.2, 0) is 9.53 Å². The maximum absolute atomic E-state index is 11.4. The van der Waals surface area contributed by atoms with E-state index in [9.17, 15) is 4.79 Å². The molecule has 0 bridgehead atoms. The van der Waals surface area contributed by atoms with Gasteiger partial charge >= 0.3 is 5.97 Å². The monoisotopic (exact) mass is 258 g/mol. The number of aliphatic hydroxyl groups excluding tert-OH is 1. The van der Waals surface area contributed by atoms with Crippen LogP contribution in [0.2, 0.25) is 0 Å². The number of hydrogen-bond acceptors (Lipinski definition) is 5. The van der Waals surface area contributed by atoms with Gasteiger partial charge in [-0.05, 0) is 25.3 Å². The lowest BCUT2D eigenvalue weighted by atomic mass is 9.91. The molecule has 2 N–H and O–H groups in total. The minimum Gasteiger partial charge on any atom is -0.469 e. The third-order valence-corrected chi connectivity index (χ3v) is 3.40. The van der Waals surface area contributed by atoms with Crippen LogP contribution < -0.4 is 5.32 Å². The van der Waals surface area contributed by atoms with Gasteiger partial charge in [0.15, 0.2) is 0 Å². The molecular formula is C13H26N2O3. The van der Waals surface area contributed by atoms with E-state index in [2.05, 4.69) is 17.1 Å². The van der Waals surface area contributed by atoms with Crippen LogP contribution in [0.4, 0.5) is 0 Å². The van der Waals surface area contributed by atoms with Crippen molar-refractivity contribution in [3.8, 4) is 0 Å². The summed E-state index contributed by atoms with van der Waals surface area (Å²) in [6.07, 6.45) is 2.60. The number of carbonyl (C=O) groups excluding carboxylic acids is 1. The molecule has 1 rings (SSSR count). The molecule has 106 valence electrons. The number of rotatable bonds is 7. The zero-order valence-electron chi connectivity index (χ0n) is 11.5. The lowest BCUT2D eigenvalue weighted by molar-refractivity contribution is -0.142. The summed E-state index contributed by atoms with van der Waals surface area (Å²) in [5.74, 6) is 0.187. The lowest BCUT2D eigenvalue weighted by Gasteiger charge is -2.37. The Labute approximate surface area is 109 Å². The van der Waals surface area contributed by atoms with Crippen molar-refractivity contribution in [1.82, 2.24) is 10.2 Å². The molecule has 2 unspecified atom stereocenters. The Morgan fingerprint density at radius 3 is 2.89 bits per heavy atom. The van der Waals surface area contributed by atoms with Crippen LogP contribution in [0.3, 0.4) is 0 Å². The number of esters is 1. The van der Waals surface area contributed by atoms with Gasteiger partial charge in [-0.25, -0.2) is 0 Å². The molecule has 1 aliphatic heterocycles. The molecule has 18 heavy (non-hydrogen) atoms. The molecule has 0 aromatic rings. The fraction of sp³-hybridized carbons (Fsp3) is 0.923. The van der Waals surface area contributed by atoms with Crippen LogP contribution in [0.25, 0.3) is 0 Å². The van der Waals surface area contributed by atoms with Crippen molar-refractivity contribution in [2.45, 2.75) is 32.2 Å². The SMILES string of the molecule is CCCNC1CC(CC(=O)OC)CN(CCO)C1. The van der Waals surface area contributed by atoms with Gasteiger partial charge < -0.3 is 15.2 Å². The molecule has 0 spiro atoms. The number of aliphatic hydroxyl groups is 1. The van der Waals surface area contributed by atoms with Gasteiger partial charge in [-0.2, -0.15) is 0 Å². The third-order valence-electron chi connectivity index (χ3n) is 3.40. The van der Waals surface area contributed by atoms with Crippen LogP contribution in [-0.4, -0.2) is 61.9 Å². The normalized spacial score (nSPS) is 25.1. The second kappa shape index (κ2) is 8.45. The largest absolute Gasteiger partial charge is 0.469 e. The first-order valence-electron chi connectivity index (χ1n) is 6.83. The van der Waals surface area contributed by atoms with E-state index in [1.165, 1.54) is 7.11 Å². The van der Waals surface area contributed by atoms with Gasteiger partial charge in [0.05, 0.1) is 13.7 Å². The molecular weight excluding hydrogens is 232 g/mol. The molecule has 0 amide bonds. The number of nitrogens with zero attached hydrogens (tertiary/aromatic N) is 1. The topological polar surface area (TPSA) is 61.8 Å². The van der Waals surface area contributed by atoms with Gasteiger partial charge in [0.25, 0.3) is 0 Å². The molecule has 1 saturated heterocycles. The predicted octanol–water partition coefficient (Wildman–Crippen LogP) is 0.232. The number of carbonyl (C=O) groups is 1. The fourth-order valence-electron chi connectivity index (χ4n) is 2.59. The van der Waals surface area contributed by atoms with E-state index in [-0.39, 0.29) is 12.6 Å². The van der Waals surface area contributed by atoms with Crippen molar-refractivity contribution in [2.75, 3.05) is 39.9 Å². The molecule has 0 radical (unpaired) electrons. The standard InChI is InChI=1S/C13H26N2O3/c1-3-4-14-12-7-11(8-13(17)18-2)9-15(10-12)5-6-16/h11-12,14,16H,3-10H2,1-2H3. The van der Waals surface area contributed by atoms with Crippen LogP contribution in [0.5, 0.6) is 0 Å². The van der Waals surface area contributed by atoms with Crippen molar-refractivity contribution < 1.29 is 14.6 Å². The number of β-amino-alcohol motifs (C(OH)–C–C–N with tert-alkyl or cyclic N) is 1. The average Bonchev–Trinajstić information content (AvgIpc) is 2.36. The van der Waals surface area contributed by atoms with Crippen molar-refractivity contribution in [3.63, 3.8) is 0 Å². The Bertz CT molecular complexity index is 248. The Kier molecular flexibility index (Phi) is 7.23. The Balaban J connectivity index is 2.47. The summed E-state index contributed by atoms with van der Waals surface area (Å²) in [6, 6.07) is 0.417.